The van der Waals surface area contributed by atoms with Crippen LogP contribution in [0.2, 0.25) is 0 Å². The molecule has 0 saturated heterocycles. The number of hydrogen-bond donors (Lipinski definition) is 1. The van der Waals surface area contributed by atoms with Crippen molar-refractivity contribution in [3.05, 3.63) is 59.5 Å². The van der Waals surface area contributed by atoms with Gasteiger partial charge < -0.3 is 19.2 Å². The maximum absolute atomic E-state index is 11.5. The summed E-state index contributed by atoms with van der Waals surface area (Å²) in [6, 6.07) is 12.5. The van der Waals surface area contributed by atoms with Crippen LogP contribution < -0.4 is 5.32 Å². The van der Waals surface area contributed by atoms with E-state index in [2.05, 4.69) is 21.9 Å². The molecule has 1 aromatic carbocycles. The van der Waals surface area contributed by atoms with E-state index < -0.39 is 12.1 Å². The van der Waals surface area contributed by atoms with Gasteiger partial charge in [0.05, 0.1) is 7.11 Å². The van der Waals surface area contributed by atoms with Crippen LogP contribution in [-0.4, -0.2) is 25.7 Å². The maximum atomic E-state index is 11.5. The molecule has 0 saturated carbocycles. The van der Waals surface area contributed by atoms with Crippen LogP contribution in [0.25, 0.3) is 0 Å². The first kappa shape index (κ1) is 17.2. The van der Waals surface area contributed by atoms with Crippen molar-refractivity contribution in [3.8, 4) is 11.8 Å². The molecule has 6 heteroatoms. The number of amides is 1. The fraction of sp³-hybridized carbons (Fsp3) is 0.222. The summed E-state index contributed by atoms with van der Waals surface area (Å²) in [7, 11) is 1.28. The van der Waals surface area contributed by atoms with Crippen molar-refractivity contribution in [2.24, 2.45) is 0 Å². The Bertz CT molecular complexity index is 740. The van der Waals surface area contributed by atoms with Gasteiger partial charge in [-0.05, 0) is 23.6 Å². The number of furan rings is 1. The standard InChI is InChI=1S/C18H17NO5/c1-22-17(20)16-11-10-15(24-16)9-5-6-12-19-18(21)23-13-14-7-3-2-4-8-14/h2-4,7-8,10-11H,6,12-13H2,1H3,(H,19,21). The Morgan fingerprint density at radius 3 is 2.71 bits per heavy atom. The van der Waals surface area contributed by atoms with Crippen LogP contribution in [0, 0.1) is 11.8 Å². The van der Waals surface area contributed by atoms with Crippen LogP contribution in [-0.2, 0) is 16.1 Å². The second-order valence-corrected chi connectivity index (χ2v) is 4.70. The monoisotopic (exact) mass is 327 g/mol. The number of hydrogen-bond acceptors (Lipinski definition) is 5. The lowest BCUT2D eigenvalue weighted by Crippen LogP contribution is -2.24. The molecule has 0 bridgehead atoms. The smallest absolute Gasteiger partial charge is 0.407 e. The Balaban J connectivity index is 1.67. The average molecular weight is 327 g/mol. The fourth-order valence-electron chi connectivity index (χ4n) is 1.77. The van der Waals surface area contributed by atoms with Crippen molar-refractivity contribution >= 4 is 12.1 Å². The molecule has 2 rings (SSSR count). The van der Waals surface area contributed by atoms with Gasteiger partial charge in [-0.2, -0.15) is 0 Å². The number of esters is 1. The third-order valence-electron chi connectivity index (χ3n) is 2.94. The number of ether oxygens (including phenoxy) is 2. The first-order chi connectivity index (χ1) is 11.7. The van der Waals surface area contributed by atoms with Gasteiger partial charge in [0.2, 0.25) is 5.76 Å². The summed E-state index contributed by atoms with van der Waals surface area (Å²) in [5.41, 5.74) is 0.923. The van der Waals surface area contributed by atoms with Gasteiger partial charge in [0.25, 0.3) is 0 Å². The zero-order valence-corrected chi connectivity index (χ0v) is 13.2. The van der Waals surface area contributed by atoms with Crippen molar-refractivity contribution in [2.45, 2.75) is 13.0 Å². The molecule has 0 fully saturated rings. The van der Waals surface area contributed by atoms with Crippen LogP contribution >= 0.6 is 0 Å². The van der Waals surface area contributed by atoms with Crippen molar-refractivity contribution in [3.63, 3.8) is 0 Å². The molecule has 2 aromatic rings. The van der Waals surface area contributed by atoms with Gasteiger partial charge in [0, 0.05) is 13.0 Å². The van der Waals surface area contributed by atoms with Crippen molar-refractivity contribution < 1.29 is 23.5 Å². The number of carbonyl (C=O) groups is 2. The zero-order chi connectivity index (χ0) is 17.2. The van der Waals surface area contributed by atoms with Gasteiger partial charge in [-0.25, -0.2) is 9.59 Å². The zero-order valence-electron chi connectivity index (χ0n) is 13.2. The number of benzene rings is 1. The van der Waals surface area contributed by atoms with E-state index >= 15 is 0 Å². The lowest BCUT2D eigenvalue weighted by Gasteiger charge is -2.05. The topological polar surface area (TPSA) is 77.8 Å². The van der Waals surface area contributed by atoms with Crippen LogP contribution in [0.3, 0.4) is 0 Å². The Labute approximate surface area is 139 Å². The quantitative estimate of drug-likeness (QED) is 0.519. The number of rotatable bonds is 5. The largest absolute Gasteiger partial charge is 0.463 e. The van der Waals surface area contributed by atoms with E-state index in [9.17, 15) is 9.59 Å². The molecule has 1 amide bonds. The van der Waals surface area contributed by atoms with Crippen LogP contribution in [0.1, 0.15) is 28.3 Å². The number of nitrogens with one attached hydrogen (secondary N) is 1. The second kappa shape index (κ2) is 9.06. The molecule has 0 spiro atoms. The average Bonchev–Trinajstić information content (AvgIpc) is 3.09. The van der Waals surface area contributed by atoms with Crippen molar-refractivity contribution in [2.75, 3.05) is 13.7 Å². The summed E-state index contributed by atoms with van der Waals surface area (Å²) in [5.74, 6) is 5.51. The number of carbonyl (C=O) groups excluding carboxylic acids is 2. The lowest BCUT2D eigenvalue weighted by atomic mass is 10.2. The van der Waals surface area contributed by atoms with Crippen molar-refractivity contribution in [1.29, 1.82) is 0 Å². The molecular weight excluding hydrogens is 310 g/mol. The molecule has 6 nitrogen and oxygen atoms in total. The molecule has 1 aromatic heterocycles. The summed E-state index contributed by atoms with van der Waals surface area (Å²) in [5, 5.41) is 2.60. The molecule has 124 valence electrons. The number of methoxy groups -OCH3 is 1. The molecule has 0 atom stereocenters. The van der Waals surface area contributed by atoms with Gasteiger partial charge in [-0.1, -0.05) is 36.3 Å². The molecule has 24 heavy (non-hydrogen) atoms. The fourth-order valence-corrected chi connectivity index (χ4v) is 1.77. The van der Waals surface area contributed by atoms with Gasteiger partial charge in [-0.15, -0.1) is 0 Å². The Morgan fingerprint density at radius 1 is 1.17 bits per heavy atom. The van der Waals surface area contributed by atoms with Crippen LogP contribution in [0.4, 0.5) is 4.79 Å². The van der Waals surface area contributed by atoms with Gasteiger partial charge >= 0.3 is 12.1 Å². The molecule has 0 unspecified atom stereocenters. The van der Waals surface area contributed by atoms with E-state index in [1.165, 1.54) is 13.2 Å². The summed E-state index contributed by atoms with van der Waals surface area (Å²) in [4.78, 5) is 22.7. The predicted molar refractivity (Wildman–Crippen MR) is 86.2 cm³/mol. The second-order valence-electron chi connectivity index (χ2n) is 4.70. The van der Waals surface area contributed by atoms with E-state index in [-0.39, 0.29) is 12.4 Å². The summed E-state index contributed by atoms with van der Waals surface area (Å²) in [6.45, 7) is 0.576. The van der Waals surface area contributed by atoms with Gasteiger partial charge in [0.1, 0.15) is 6.61 Å². The lowest BCUT2D eigenvalue weighted by molar-refractivity contribution is 0.0564. The normalized spacial score (nSPS) is 9.54. The third kappa shape index (κ3) is 5.54. The third-order valence-corrected chi connectivity index (χ3v) is 2.94. The molecular formula is C18H17NO5. The van der Waals surface area contributed by atoms with Crippen LogP contribution in [0.15, 0.2) is 46.9 Å². The highest BCUT2D eigenvalue weighted by molar-refractivity contribution is 5.86. The highest BCUT2D eigenvalue weighted by Crippen LogP contribution is 2.07. The van der Waals surface area contributed by atoms with E-state index in [0.29, 0.717) is 18.7 Å². The molecule has 1 heterocycles. The molecule has 0 aliphatic rings. The minimum absolute atomic E-state index is 0.101. The molecule has 1 N–H and O–H groups in total. The Hall–Kier alpha value is -3.20. The minimum Gasteiger partial charge on any atom is -0.463 e. The Kier molecular flexibility index (Phi) is 6.47. The summed E-state index contributed by atoms with van der Waals surface area (Å²) >= 11 is 0. The maximum Gasteiger partial charge on any atom is 0.407 e. The first-order valence-corrected chi connectivity index (χ1v) is 7.30. The van der Waals surface area contributed by atoms with E-state index in [1.807, 2.05) is 30.3 Å². The highest BCUT2D eigenvalue weighted by Gasteiger charge is 2.09. The summed E-state index contributed by atoms with van der Waals surface area (Å²) < 4.78 is 14.8. The van der Waals surface area contributed by atoms with E-state index in [4.69, 9.17) is 9.15 Å². The predicted octanol–water partition coefficient (Wildman–Crippen LogP) is 2.73. The highest BCUT2D eigenvalue weighted by atomic mass is 16.5. The van der Waals surface area contributed by atoms with E-state index in [0.717, 1.165) is 5.56 Å². The molecule has 0 aliphatic heterocycles. The van der Waals surface area contributed by atoms with Gasteiger partial charge in [-0.3, -0.25) is 0 Å². The Morgan fingerprint density at radius 2 is 1.96 bits per heavy atom. The summed E-state index contributed by atoms with van der Waals surface area (Å²) in [6.07, 6.45) is -0.0686. The molecule has 0 radical (unpaired) electrons. The van der Waals surface area contributed by atoms with E-state index in [1.54, 1.807) is 6.07 Å². The SMILES string of the molecule is COC(=O)c1ccc(C#CCCNC(=O)OCc2ccccc2)o1. The van der Waals surface area contributed by atoms with Crippen molar-refractivity contribution in [1.82, 2.24) is 5.32 Å². The minimum atomic E-state index is -0.550. The van der Waals surface area contributed by atoms with Crippen LogP contribution in [0.5, 0.6) is 0 Å². The first-order valence-electron chi connectivity index (χ1n) is 7.30. The number of alkyl carbamates (subject to hydrolysis) is 1. The van der Waals surface area contributed by atoms with Gasteiger partial charge in [0.15, 0.2) is 5.76 Å². The molecule has 0 aliphatic carbocycles.